The summed E-state index contributed by atoms with van der Waals surface area (Å²) in [5.74, 6) is -0.746. The molecule has 0 atom stereocenters. The quantitative estimate of drug-likeness (QED) is 0.899. The fraction of sp³-hybridized carbons (Fsp3) is 0.333. The van der Waals surface area contributed by atoms with E-state index in [1.54, 1.807) is 0 Å². The van der Waals surface area contributed by atoms with E-state index in [1.165, 1.54) is 13.8 Å². The summed E-state index contributed by atoms with van der Waals surface area (Å²) < 4.78 is 37.9. The number of rotatable bonds is 2. The molecule has 0 aliphatic heterocycles. The lowest BCUT2D eigenvalue weighted by Crippen LogP contribution is -2.42. The fourth-order valence-corrected chi connectivity index (χ4v) is 1.68. The number of carbonyl (C=O) groups is 1. The molecule has 0 saturated carbocycles. The molecule has 1 aromatic rings. The number of nitrogens with zero attached hydrogens (tertiary/aromatic N) is 1. The number of amides is 1. The summed E-state index contributed by atoms with van der Waals surface area (Å²) in [6.45, 7) is 2.90. The van der Waals surface area contributed by atoms with E-state index in [0.717, 1.165) is 18.2 Å². The van der Waals surface area contributed by atoms with Gasteiger partial charge in [0.1, 0.15) is 5.54 Å². The van der Waals surface area contributed by atoms with Crippen LogP contribution in [-0.4, -0.2) is 11.4 Å². The van der Waals surface area contributed by atoms with Gasteiger partial charge in [-0.2, -0.15) is 18.4 Å². The molecule has 102 valence electrons. The van der Waals surface area contributed by atoms with Gasteiger partial charge < -0.3 is 5.32 Å². The minimum atomic E-state index is -4.53. The van der Waals surface area contributed by atoms with E-state index in [1.807, 2.05) is 6.07 Å². The second-order valence-corrected chi connectivity index (χ2v) is 5.24. The largest absolute Gasteiger partial charge is 0.416 e. The van der Waals surface area contributed by atoms with Crippen LogP contribution in [0.4, 0.5) is 13.2 Å². The number of carbonyl (C=O) groups excluding carboxylic acids is 1. The average molecular weight is 335 g/mol. The van der Waals surface area contributed by atoms with Gasteiger partial charge in [0.2, 0.25) is 0 Å². The first-order valence-corrected chi connectivity index (χ1v) is 5.96. The maximum absolute atomic E-state index is 12.6. The third-order valence-corrected chi connectivity index (χ3v) is 2.94. The Morgan fingerprint density at radius 2 is 1.95 bits per heavy atom. The molecule has 1 N–H and O–H groups in total. The summed E-state index contributed by atoms with van der Waals surface area (Å²) in [6, 6.07) is 4.60. The van der Waals surface area contributed by atoms with E-state index in [9.17, 15) is 18.0 Å². The fourth-order valence-electron chi connectivity index (χ4n) is 1.25. The average Bonchev–Trinajstić information content (AvgIpc) is 2.27. The van der Waals surface area contributed by atoms with E-state index in [4.69, 9.17) is 5.26 Å². The van der Waals surface area contributed by atoms with Crippen LogP contribution >= 0.6 is 15.9 Å². The molecule has 0 aliphatic carbocycles. The molecule has 0 heterocycles. The first-order chi connectivity index (χ1) is 8.57. The molecule has 0 aliphatic rings. The molecule has 3 nitrogen and oxygen atoms in total. The first kappa shape index (κ1) is 15.5. The number of nitrogens with one attached hydrogen (secondary N) is 1. The van der Waals surface area contributed by atoms with Crippen LogP contribution in [0.5, 0.6) is 0 Å². The van der Waals surface area contributed by atoms with Gasteiger partial charge in [-0.15, -0.1) is 0 Å². The summed E-state index contributed by atoms with van der Waals surface area (Å²) >= 11 is 3.02. The highest BCUT2D eigenvalue weighted by molar-refractivity contribution is 9.10. The summed E-state index contributed by atoms with van der Waals surface area (Å²) in [6.07, 6.45) is -4.53. The van der Waals surface area contributed by atoms with Crippen LogP contribution in [0.25, 0.3) is 0 Å². The molecule has 19 heavy (non-hydrogen) atoms. The Labute approximate surface area is 116 Å². The van der Waals surface area contributed by atoms with Gasteiger partial charge in [0.15, 0.2) is 0 Å². The monoisotopic (exact) mass is 334 g/mol. The Kier molecular flexibility index (Phi) is 4.25. The van der Waals surface area contributed by atoms with Crippen molar-refractivity contribution in [2.24, 2.45) is 0 Å². The lowest BCUT2D eigenvalue weighted by atomic mass is 10.1. The molecular formula is C12H10BrF3N2O. The second-order valence-electron chi connectivity index (χ2n) is 4.38. The molecule has 1 aromatic carbocycles. The summed E-state index contributed by atoms with van der Waals surface area (Å²) in [5.41, 5.74) is -2.25. The minimum Gasteiger partial charge on any atom is -0.334 e. The number of alkyl halides is 3. The number of hydrogen-bond acceptors (Lipinski definition) is 2. The van der Waals surface area contributed by atoms with Crippen molar-refractivity contribution in [1.82, 2.24) is 5.32 Å². The Hall–Kier alpha value is -1.55. The van der Waals surface area contributed by atoms with Crippen molar-refractivity contribution in [3.05, 3.63) is 33.8 Å². The van der Waals surface area contributed by atoms with Crippen molar-refractivity contribution < 1.29 is 18.0 Å². The number of halogens is 4. The van der Waals surface area contributed by atoms with E-state index in [2.05, 4.69) is 21.2 Å². The van der Waals surface area contributed by atoms with Gasteiger partial charge in [-0.05, 0) is 48.0 Å². The van der Waals surface area contributed by atoms with Crippen LogP contribution in [0.2, 0.25) is 0 Å². The topological polar surface area (TPSA) is 52.9 Å². The molecule has 0 radical (unpaired) electrons. The zero-order chi connectivity index (χ0) is 14.8. The van der Waals surface area contributed by atoms with Gasteiger partial charge >= 0.3 is 6.18 Å². The molecule has 1 rings (SSSR count). The SMILES string of the molecule is CC(C)(C#N)NC(=O)c1cc(C(F)(F)F)ccc1Br. The standard InChI is InChI=1S/C12H10BrF3N2O/c1-11(2,6-17)18-10(19)8-5-7(12(14,15)16)3-4-9(8)13/h3-5H,1-2H3,(H,18,19). The molecule has 7 heteroatoms. The molecule has 0 fully saturated rings. The highest BCUT2D eigenvalue weighted by Gasteiger charge is 2.32. The van der Waals surface area contributed by atoms with Crippen LogP contribution in [0.3, 0.4) is 0 Å². The maximum Gasteiger partial charge on any atom is 0.416 e. The number of benzene rings is 1. The Morgan fingerprint density at radius 3 is 2.42 bits per heavy atom. The van der Waals surface area contributed by atoms with Gasteiger partial charge in [-0.3, -0.25) is 4.79 Å². The van der Waals surface area contributed by atoms with Crippen molar-refractivity contribution >= 4 is 21.8 Å². The third kappa shape index (κ3) is 3.96. The minimum absolute atomic E-state index is 0.168. The van der Waals surface area contributed by atoms with E-state index in [-0.39, 0.29) is 10.0 Å². The van der Waals surface area contributed by atoms with Crippen LogP contribution in [0.1, 0.15) is 29.8 Å². The molecule has 1 amide bonds. The van der Waals surface area contributed by atoms with E-state index in [0.29, 0.717) is 0 Å². The first-order valence-electron chi connectivity index (χ1n) is 5.17. The van der Waals surface area contributed by atoms with Crippen molar-refractivity contribution in [3.8, 4) is 6.07 Å². The van der Waals surface area contributed by atoms with Crippen molar-refractivity contribution in [2.75, 3.05) is 0 Å². The molecular weight excluding hydrogens is 325 g/mol. The van der Waals surface area contributed by atoms with Crippen molar-refractivity contribution in [2.45, 2.75) is 25.6 Å². The number of hydrogen-bond donors (Lipinski definition) is 1. The lowest BCUT2D eigenvalue weighted by Gasteiger charge is -2.18. The summed E-state index contributed by atoms with van der Waals surface area (Å²) in [7, 11) is 0. The van der Waals surface area contributed by atoms with Gasteiger partial charge in [-0.25, -0.2) is 0 Å². The predicted molar refractivity (Wildman–Crippen MR) is 66.3 cm³/mol. The number of nitriles is 1. The zero-order valence-corrected chi connectivity index (χ0v) is 11.7. The van der Waals surface area contributed by atoms with Gasteiger partial charge in [0.25, 0.3) is 5.91 Å². The van der Waals surface area contributed by atoms with E-state index < -0.39 is 23.2 Å². The highest BCUT2D eigenvalue weighted by atomic mass is 79.9. The Balaban J connectivity index is 3.14. The second kappa shape index (κ2) is 5.21. The lowest BCUT2D eigenvalue weighted by molar-refractivity contribution is -0.137. The smallest absolute Gasteiger partial charge is 0.334 e. The molecule has 0 unspecified atom stereocenters. The molecule has 0 bridgehead atoms. The normalized spacial score (nSPS) is 11.8. The van der Waals surface area contributed by atoms with Crippen molar-refractivity contribution in [1.29, 1.82) is 5.26 Å². The van der Waals surface area contributed by atoms with Gasteiger partial charge in [0, 0.05) is 4.47 Å². The maximum atomic E-state index is 12.6. The third-order valence-electron chi connectivity index (χ3n) is 2.24. The Bertz CT molecular complexity index is 547. The molecule has 0 aromatic heterocycles. The predicted octanol–water partition coefficient (Wildman–Crippen LogP) is 3.50. The van der Waals surface area contributed by atoms with Crippen LogP contribution in [0.15, 0.2) is 22.7 Å². The highest BCUT2D eigenvalue weighted by Crippen LogP contribution is 2.32. The Morgan fingerprint density at radius 1 is 1.37 bits per heavy atom. The molecule has 0 spiro atoms. The van der Waals surface area contributed by atoms with Gasteiger partial charge in [0.05, 0.1) is 17.2 Å². The van der Waals surface area contributed by atoms with Crippen molar-refractivity contribution in [3.63, 3.8) is 0 Å². The summed E-state index contributed by atoms with van der Waals surface area (Å²) in [4.78, 5) is 11.9. The van der Waals surface area contributed by atoms with Crippen LogP contribution in [0, 0.1) is 11.3 Å². The summed E-state index contributed by atoms with van der Waals surface area (Å²) in [5, 5.41) is 11.1. The van der Waals surface area contributed by atoms with Crippen LogP contribution < -0.4 is 5.32 Å². The van der Waals surface area contributed by atoms with Gasteiger partial charge in [-0.1, -0.05) is 0 Å². The van der Waals surface area contributed by atoms with Crippen LogP contribution in [-0.2, 0) is 6.18 Å². The zero-order valence-electron chi connectivity index (χ0n) is 10.1. The van der Waals surface area contributed by atoms with E-state index >= 15 is 0 Å². The molecule has 0 saturated heterocycles.